The Kier molecular flexibility index (Phi) is 6.57. The zero-order valence-corrected chi connectivity index (χ0v) is 17.2. The Morgan fingerprint density at radius 1 is 1.11 bits per heavy atom. The summed E-state index contributed by atoms with van der Waals surface area (Å²) in [6, 6.07) is 14.8. The van der Waals surface area contributed by atoms with Crippen LogP contribution in [-0.4, -0.2) is 32.7 Å². The number of benzene rings is 2. The van der Waals surface area contributed by atoms with Crippen LogP contribution in [0.15, 0.2) is 42.5 Å². The van der Waals surface area contributed by atoms with E-state index in [4.69, 9.17) is 9.47 Å². The van der Waals surface area contributed by atoms with E-state index in [1.807, 2.05) is 12.1 Å². The molecule has 0 radical (unpaired) electrons. The lowest BCUT2D eigenvalue weighted by atomic mass is 10.0. The molecule has 2 N–H and O–H groups in total. The van der Waals surface area contributed by atoms with Crippen molar-refractivity contribution in [2.24, 2.45) is 0 Å². The number of quaternary nitrogens is 1. The molecular weight excluding hydrogens is 352 g/mol. The molecule has 0 bridgehead atoms. The van der Waals surface area contributed by atoms with Crippen LogP contribution in [0.5, 0.6) is 11.5 Å². The molecule has 0 saturated heterocycles. The van der Waals surface area contributed by atoms with Gasteiger partial charge in [0.2, 0.25) is 0 Å². The van der Waals surface area contributed by atoms with Gasteiger partial charge in [-0.2, -0.15) is 0 Å². The SMILES string of the molecule is COc1ccc(NC(=O)C[NH+](Cc2ccc(C(C)C)cc2)C2CC2)c(OC)c1. The van der Waals surface area contributed by atoms with E-state index in [1.165, 1.54) is 28.9 Å². The van der Waals surface area contributed by atoms with E-state index in [0.29, 0.717) is 35.7 Å². The van der Waals surface area contributed by atoms with E-state index in [2.05, 4.69) is 43.4 Å². The summed E-state index contributed by atoms with van der Waals surface area (Å²) in [7, 11) is 3.20. The Labute approximate surface area is 167 Å². The first-order valence-corrected chi connectivity index (χ1v) is 9.95. The third-order valence-corrected chi connectivity index (χ3v) is 5.30. The predicted molar refractivity (Wildman–Crippen MR) is 111 cm³/mol. The molecule has 1 aliphatic carbocycles. The van der Waals surface area contributed by atoms with Gasteiger partial charge in [0.1, 0.15) is 18.0 Å². The van der Waals surface area contributed by atoms with Crippen LogP contribution in [0.25, 0.3) is 0 Å². The van der Waals surface area contributed by atoms with Gasteiger partial charge < -0.3 is 19.7 Å². The fourth-order valence-electron chi connectivity index (χ4n) is 3.43. The zero-order valence-electron chi connectivity index (χ0n) is 17.2. The minimum absolute atomic E-state index is 0.00386. The van der Waals surface area contributed by atoms with Gasteiger partial charge >= 0.3 is 0 Å². The molecule has 1 saturated carbocycles. The van der Waals surface area contributed by atoms with Crippen molar-refractivity contribution >= 4 is 11.6 Å². The lowest BCUT2D eigenvalue weighted by Gasteiger charge is -2.20. The van der Waals surface area contributed by atoms with Crippen LogP contribution in [0, 0.1) is 0 Å². The van der Waals surface area contributed by atoms with Crippen LogP contribution >= 0.6 is 0 Å². The van der Waals surface area contributed by atoms with Crippen LogP contribution < -0.4 is 19.7 Å². The van der Waals surface area contributed by atoms with Crippen molar-refractivity contribution < 1.29 is 19.2 Å². The molecule has 1 fully saturated rings. The molecule has 150 valence electrons. The van der Waals surface area contributed by atoms with Gasteiger partial charge in [-0.05, 0) is 23.6 Å². The van der Waals surface area contributed by atoms with Crippen molar-refractivity contribution in [3.8, 4) is 11.5 Å². The number of carbonyl (C=O) groups is 1. The van der Waals surface area contributed by atoms with E-state index in [-0.39, 0.29) is 5.91 Å². The highest BCUT2D eigenvalue weighted by Gasteiger charge is 2.34. The summed E-state index contributed by atoms with van der Waals surface area (Å²) >= 11 is 0. The van der Waals surface area contributed by atoms with Crippen LogP contribution in [0.1, 0.15) is 43.7 Å². The van der Waals surface area contributed by atoms with Crippen LogP contribution in [0.2, 0.25) is 0 Å². The third kappa shape index (κ3) is 5.26. The number of ether oxygens (including phenoxy) is 2. The van der Waals surface area contributed by atoms with E-state index in [0.717, 1.165) is 6.54 Å². The lowest BCUT2D eigenvalue weighted by molar-refractivity contribution is -0.916. The molecule has 2 aromatic rings. The summed E-state index contributed by atoms with van der Waals surface area (Å²) in [5, 5.41) is 3.00. The maximum absolute atomic E-state index is 12.7. The number of carbonyl (C=O) groups excluding carboxylic acids is 1. The molecule has 0 heterocycles. The summed E-state index contributed by atoms with van der Waals surface area (Å²) < 4.78 is 10.6. The minimum Gasteiger partial charge on any atom is -0.497 e. The first-order chi connectivity index (χ1) is 13.5. The smallest absolute Gasteiger partial charge is 0.279 e. The molecule has 1 amide bonds. The lowest BCUT2D eigenvalue weighted by Crippen LogP contribution is -3.13. The highest BCUT2D eigenvalue weighted by molar-refractivity contribution is 5.93. The largest absolute Gasteiger partial charge is 0.497 e. The van der Waals surface area contributed by atoms with Crippen LogP contribution in [0.3, 0.4) is 0 Å². The van der Waals surface area contributed by atoms with Gasteiger partial charge in [0.05, 0.1) is 25.9 Å². The average Bonchev–Trinajstić information content (AvgIpc) is 3.53. The molecule has 0 aromatic heterocycles. The second-order valence-corrected chi connectivity index (χ2v) is 7.80. The Morgan fingerprint density at radius 3 is 2.39 bits per heavy atom. The first kappa shape index (κ1) is 20.2. The topological polar surface area (TPSA) is 52.0 Å². The van der Waals surface area contributed by atoms with Gasteiger partial charge in [-0.1, -0.05) is 38.1 Å². The van der Waals surface area contributed by atoms with Crippen molar-refractivity contribution in [3.63, 3.8) is 0 Å². The second kappa shape index (κ2) is 9.11. The molecule has 5 heteroatoms. The van der Waals surface area contributed by atoms with Gasteiger partial charge in [-0.3, -0.25) is 4.79 Å². The minimum atomic E-state index is 0.00386. The summed E-state index contributed by atoms with van der Waals surface area (Å²) in [6.07, 6.45) is 2.39. The maximum Gasteiger partial charge on any atom is 0.279 e. The van der Waals surface area contributed by atoms with E-state index >= 15 is 0 Å². The van der Waals surface area contributed by atoms with Crippen molar-refractivity contribution in [2.75, 3.05) is 26.1 Å². The molecule has 1 aliphatic rings. The van der Waals surface area contributed by atoms with Crippen LogP contribution in [0.4, 0.5) is 5.69 Å². The number of hydrogen-bond donors (Lipinski definition) is 2. The summed E-state index contributed by atoms with van der Waals surface area (Å²) in [4.78, 5) is 14.0. The Balaban J connectivity index is 1.63. The molecule has 1 atom stereocenters. The fraction of sp³-hybridized carbons (Fsp3) is 0.435. The highest BCUT2D eigenvalue weighted by Crippen LogP contribution is 2.28. The molecule has 0 aliphatic heterocycles. The monoisotopic (exact) mass is 383 g/mol. The molecule has 28 heavy (non-hydrogen) atoms. The van der Waals surface area contributed by atoms with E-state index < -0.39 is 0 Å². The number of amides is 1. The predicted octanol–water partition coefficient (Wildman–Crippen LogP) is 3.01. The summed E-state index contributed by atoms with van der Waals surface area (Å²) in [5.41, 5.74) is 3.30. The Hall–Kier alpha value is -2.53. The molecule has 3 rings (SSSR count). The number of rotatable bonds is 9. The standard InChI is InChI=1S/C23H30N2O3/c1-16(2)18-7-5-17(6-8-18)14-25(19-9-10-19)15-23(26)24-21-12-11-20(27-3)13-22(21)28-4/h5-8,11-13,16,19H,9-10,14-15H2,1-4H3,(H,24,26)/p+1. The van der Waals surface area contributed by atoms with Crippen molar-refractivity contribution in [1.29, 1.82) is 0 Å². The normalized spacial score (nSPS) is 14.6. The first-order valence-electron chi connectivity index (χ1n) is 9.95. The fourth-order valence-corrected chi connectivity index (χ4v) is 3.43. The van der Waals surface area contributed by atoms with Gasteiger partial charge in [0, 0.05) is 24.5 Å². The maximum atomic E-state index is 12.7. The second-order valence-electron chi connectivity index (χ2n) is 7.80. The van der Waals surface area contributed by atoms with Gasteiger partial charge in [-0.25, -0.2) is 0 Å². The van der Waals surface area contributed by atoms with Gasteiger partial charge in [0.25, 0.3) is 5.91 Å². The van der Waals surface area contributed by atoms with Crippen molar-refractivity contribution in [2.45, 2.75) is 45.2 Å². The molecule has 5 nitrogen and oxygen atoms in total. The van der Waals surface area contributed by atoms with Crippen molar-refractivity contribution in [1.82, 2.24) is 0 Å². The molecule has 2 aromatic carbocycles. The van der Waals surface area contributed by atoms with Gasteiger partial charge in [-0.15, -0.1) is 0 Å². The van der Waals surface area contributed by atoms with Crippen molar-refractivity contribution in [3.05, 3.63) is 53.6 Å². The molecule has 1 unspecified atom stereocenters. The number of methoxy groups -OCH3 is 2. The Morgan fingerprint density at radius 2 is 1.82 bits per heavy atom. The number of nitrogens with one attached hydrogen (secondary N) is 2. The molecule has 0 spiro atoms. The molecular formula is C23H31N2O3+. The summed E-state index contributed by atoms with van der Waals surface area (Å²) in [6.45, 7) is 5.73. The van der Waals surface area contributed by atoms with E-state index in [1.54, 1.807) is 20.3 Å². The third-order valence-electron chi connectivity index (χ3n) is 5.30. The number of anilines is 1. The quantitative estimate of drug-likeness (QED) is 0.700. The van der Waals surface area contributed by atoms with Gasteiger partial charge in [0.15, 0.2) is 6.54 Å². The zero-order chi connectivity index (χ0) is 20.1. The van der Waals surface area contributed by atoms with E-state index in [9.17, 15) is 4.79 Å². The number of hydrogen-bond acceptors (Lipinski definition) is 3. The highest BCUT2D eigenvalue weighted by atomic mass is 16.5. The summed E-state index contributed by atoms with van der Waals surface area (Å²) in [5.74, 6) is 1.84. The average molecular weight is 384 g/mol. The van der Waals surface area contributed by atoms with Crippen LogP contribution in [-0.2, 0) is 11.3 Å². The Bertz CT molecular complexity index is 798.